The molecule has 0 aliphatic carbocycles. The maximum atomic E-state index is 12.7. The zero-order valence-electron chi connectivity index (χ0n) is 22.0. The van der Waals surface area contributed by atoms with Crippen LogP contribution in [-0.4, -0.2) is 71.6 Å². The first kappa shape index (κ1) is 28.0. The van der Waals surface area contributed by atoms with E-state index in [0.29, 0.717) is 18.9 Å². The van der Waals surface area contributed by atoms with Gasteiger partial charge >= 0.3 is 5.97 Å². The number of aliphatic hydroxyl groups excluding tert-OH is 2. The molecule has 4 rings (SSSR count). The zero-order valence-corrected chi connectivity index (χ0v) is 22.0. The normalized spacial score (nSPS) is 41.1. The zero-order chi connectivity index (χ0) is 26.4. The highest BCUT2D eigenvalue weighted by Gasteiger charge is 2.42. The van der Waals surface area contributed by atoms with Crippen molar-refractivity contribution in [2.45, 2.75) is 108 Å². The summed E-state index contributed by atoms with van der Waals surface area (Å²) in [6, 6.07) is 0. The van der Waals surface area contributed by atoms with E-state index in [-0.39, 0.29) is 31.2 Å². The van der Waals surface area contributed by atoms with Crippen LogP contribution >= 0.6 is 0 Å². The lowest BCUT2D eigenvalue weighted by Gasteiger charge is -2.28. The van der Waals surface area contributed by atoms with Crippen LogP contribution in [0.15, 0.2) is 60.3 Å². The summed E-state index contributed by atoms with van der Waals surface area (Å²) in [5.74, 6) is -0.129. The predicted octanol–water partition coefficient (Wildman–Crippen LogP) is 4.11. The van der Waals surface area contributed by atoms with E-state index in [4.69, 9.17) is 18.9 Å². The standard InChI is InChI=1S/C30H42O7/c1-19-12-13-34-23(15-19)10-11-26-27-18-28(36-26)30(33)25(31)17-21(3)14-20(2)16-24-8-4-6-22(35-24)7-5-9-29(32)37-27/h4-6,9-12,20,22-28,30-31,33H,3,7-8,13-18H2,1-2H3/b9-5-,11-10+. The molecule has 4 bridgehead atoms. The van der Waals surface area contributed by atoms with Crippen LogP contribution < -0.4 is 0 Å². The van der Waals surface area contributed by atoms with Crippen molar-refractivity contribution >= 4 is 5.97 Å². The monoisotopic (exact) mass is 514 g/mol. The van der Waals surface area contributed by atoms with Crippen molar-refractivity contribution in [3.05, 3.63) is 60.3 Å². The Bertz CT molecular complexity index is 919. The van der Waals surface area contributed by atoms with Crippen molar-refractivity contribution in [1.82, 2.24) is 0 Å². The van der Waals surface area contributed by atoms with Crippen molar-refractivity contribution in [3.8, 4) is 0 Å². The summed E-state index contributed by atoms with van der Waals surface area (Å²) in [5.41, 5.74) is 2.15. The molecule has 1 saturated heterocycles. The maximum Gasteiger partial charge on any atom is 0.330 e. The molecule has 9 atom stereocenters. The van der Waals surface area contributed by atoms with E-state index < -0.39 is 36.5 Å². The number of esters is 1. The van der Waals surface area contributed by atoms with Gasteiger partial charge in [0.15, 0.2) is 0 Å². The number of aliphatic hydroxyl groups is 2. The molecule has 204 valence electrons. The second kappa shape index (κ2) is 13.2. The highest BCUT2D eigenvalue weighted by molar-refractivity contribution is 5.82. The van der Waals surface area contributed by atoms with E-state index in [1.807, 2.05) is 18.2 Å². The Morgan fingerprint density at radius 2 is 1.86 bits per heavy atom. The summed E-state index contributed by atoms with van der Waals surface area (Å²) in [4.78, 5) is 12.7. The second-order valence-electron chi connectivity index (χ2n) is 11.0. The largest absolute Gasteiger partial charge is 0.456 e. The number of carbonyl (C=O) groups is 1. The summed E-state index contributed by atoms with van der Waals surface area (Å²) < 4.78 is 23.9. The van der Waals surface area contributed by atoms with Gasteiger partial charge in [-0.1, -0.05) is 61.1 Å². The Labute approximate surface area is 220 Å². The summed E-state index contributed by atoms with van der Waals surface area (Å²) in [5, 5.41) is 21.7. The maximum absolute atomic E-state index is 12.7. The fraction of sp³-hybridized carbons (Fsp3) is 0.633. The Kier molecular flexibility index (Phi) is 9.96. The van der Waals surface area contributed by atoms with Crippen molar-refractivity contribution < 1.29 is 34.0 Å². The number of carbonyl (C=O) groups excluding carboxylic acids is 1. The minimum atomic E-state index is -1.12. The number of fused-ring (bicyclic) bond motifs is 4. The second-order valence-corrected chi connectivity index (χ2v) is 11.0. The molecule has 1 fully saturated rings. The molecule has 0 aromatic carbocycles. The van der Waals surface area contributed by atoms with Crippen LogP contribution in [0.3, 0.4) is 0 Å². The fourth-order valence-corrected chi connectivity index (χ4v) is 5.62. The summed E-state index contributed by atoms with van der Waals surface area (Å²) in [6.45, 7) is 8.95. The van der Waals surface area contributed by atoms with Gasteiger partial charge in [-0.2, -0.15) is 0 Å². The first-order chi connectivity index (χ1) is 17.8. The molecule has 0 aromatic heterocycles. The van der Waals surface area contributed by atoms with E-state index in [1.54, 1.807) is 6.08 Å². The summed E-state index contributed by atoms with van der Waals surface area (Å²) in [6.07, 6.45) is 13.7. The first-order valence-corrected chi connectivity index (χ1v) is 13.6. The minimum Gasteiger partial charge on any atom is -0.456 e. The molecule has 4 aliphatic rings. The Morgan fingerprint density at radius 3 is 2.68 bits per heavy atom. The van der Waals surface area contributed by atoms with Crippen molar-refractivity contribution in [3.63, 3.8) is 0 Å². The minimum absolute atomic E-state index is 0.0723. The lowest BCUT2D eigenvalue weighted by molar-refractivity contribution is -0.144. The molecule has 7 heteroatoms. The topological polar surface area (TPSA) is 94.5 Å². The van der Waals surface area contributed by atoms with Gasteiger partial charge in [-0.3, -0.25) is 0 Å². The predicted molar refractivity (Wildman–Crippen MR) is 141 cm³/mol. The Hall–Kier alpha value is -2.03. The SMILES string of the molecule is C=C1CC(C)CC2CC=CC(C/C=C\C(=O)OC3CC(OC3/C=C/C3CC(C)=CCO3)C(O)C(O)C1)O2. The third-order valence-corrected chi connectivity index (χ3v) is 7.53. The van der Waals surface area contributed by atoms with Crippen LogP contribution in [0.1, 0.15) is 58.8 Å². The van der Waals surface area contributed by atoms with Crippen LogP contribution in [0, 0.1) is 5.92 Å². The van der Waals surface area contributed by atoms with E-state index in [2.05, 4.69) is 32.6 Å². The molecule has 9 unspecified atom stereocenters. The van der Waals surface area contributed by atoms with E-state index in [9.17, 15) is 15.0 Å². The van der Waals surface area contributed by atoms with Gasteiger partial charge in [0, 0.05) is 12.5 Å². The van der Waals surface area contributed by atoms with Gasteiger partial charge in [0.25, 0.3) is 0 Å². The van der Waals surface area contributed by atoms with Crippen molar-refractivity contribution in [2.75, 3.05) is 6.61 Å². The average molecular weight is 515 g/mol. The van der Waals surface area contributed by atoms with Gasteiger partial charge in [0.05, 0.1) is 37.1 Å². The third-order valence-electron chi connectivity index (χ3n) is 7.53. The van der Waals surface area contributed by atoms with Gasteiger partial charge in [-0.05, 0) is 51.4 Å². The molecular weight excluding hydrogens is 472 g/mol. The molecule has 0 amide bonds. The quantitative estimate of drug-likeness (QED) is 0.423. The van der Waals surface area contributed by atoms with Gasteiger partial charge in [0.2, 0.25) is 0 Å². The summed E-state index contributed by atoms with van der Waals surface area (Å²) >= 11 is 0. The summed E-state index contributed by atoms with van der Waals surface area (Å²) in [7, 11) is 0. The van der Waals surface area contributed by atoms with Gasteiger partial charge in [0.1, 0.15) is 18.3 Å². The Balaban J connectivity index is 1.49. The molecule has 0 radical (unpaired) electrons. The molecule has 0 aromatic rings. The lowest BCUT2D eigenvalue weighted by Crippen LogP contribution is -2.37. The van der Waals surface area contributed by atoms with Gasteiger partial charge in [-0.15, -0.1) is 0 Å². The highest BCUT2D eigenvalue weighted by Crippen LogP contribution is 2.31. The molecule has 4 aliphatic heterocycles. The van der Waals surface area contributed by atoms with Crippen LogP contribution in [0.25, 0.3) is 0 Å². The van der Waals surface area contributed by atoms with Gasteiger partial charge < -0.3 is 29.2 Å². The first-order valence-electron chi connectivity index (χ1n) is 13.6. The van der Waals surface area contributed by atoms with Gasteiger partial charge in [-0.25, -0.2) is 4.79 Å². The number of hydrogen-bond donors (Lipinski definition) is 2. The van der Waals surface area contributed by atoms with Crippen LogP contribution in [0.2, 0.25) is 0 Å². The molecule has 37 heavy (non-hydrogen) atoms. The molecule has 4 heterocycles. The Morgan fingerprint density at radius 1 is 1.03 bits per heavy atom. The lowest BCUT2D eigenvalue weighted by atomic mass is 9.90. The average Bonchev–Trinajstić information content (AvgIpc) is 3.24. The fourth-order valence-electron chi connectivity index (χ4n) is 5.62. The highest BCUT2D eigenvalue weighted by atomic mass is 16.6. The number of rotatable bonds is 2. The van der Waals surface area contributed by atoms with Crippen LogP contribution in [0.5, 0.6) is 0 Å². The van der Waals surface area contributed by atoms with E-state index >= 15 is 0 Å². The molecule has 2 N–H and O–H groups in total. The van der Waals surface area contributed by atoms with Crippen LogP contribution in [-0.2, 0) is 23.7 Å². The van der Waals surface area contributed by atoms with Crippen LogP contribution in [0.4, 0.5) is 0 Å². The smallest absolute Gasteiger partial charge is 0.330 e. The molecular formula is C30H42O7. The molecule has 7 nitrogen and oxygen atoms in total. The van der Waals surface area contributed by atoms with Crippen molar-refractivity contribution in [2.24, 2.45) is 5.92 Å². The van der Waals surface area contributed by atoms with E-state index in [0.717, 1.165) is 31.3 Å². The third kappa shape index (κ3) is 8.23. The molecule has 0 saturated carbocycles. The van der Waals surface area contributed by atoms with Crippen molar-refractivity contribution in [1.29, 1.82) is 0 Å². The number of ether oxygens (including phenoxy) is 4. The number of hydrogen-bond acceptors (Lipinski definition) is 7. The van der Waals surface area contributed by atoms with E-state index in [1.165, 1.54) is 11.6 Å². The molecule has 0 spiro atoms.